The van der Waals surface area contributed by atoms with Gasteiger partial charge in [0.2, 0.25) is 11.9 Å². The van der Waals surface area contributed by atoms with Gasteiger partial charge in [-0.1, -0.05) is 0 Å². The highest BCUT2D eigenvalue weighted by atomic mass is 32.1. The summed E-state index contributed by atoms with van der Waals surface area (Å²) >= 11 is 1.28. The van der Waals surface area contributed by atoms with E-state index in [1.165, 1.54) is 47.4 Å². The number of halogens is 1. The van der Waals surface area contributed by atoms with E-state index in [0.29, 0.717) is 52.7 Å². The topological polar surface area (TPSA) is 120 Å². The second-order valence-corrected chi connectivity index (χ2v) is 8.88. The zero-order valence-electron chi connectivity index (χ0n) is 18.6. The second-order valence-electron chi connectivity index (χ2n) is 8.04. The number of nitrogens with two attached hydrogens (primary N) is 1. The van der Waals surface area contributed by atoms with Gasteiger partial charge < -0.3 is 15.2 Å². The number of imidazole rings is 1. The van der Waals surface area contributed by atoms with Gasteiger partial charge in [-0.2, -0.15) is 0 Å². The Morgan fingerprint density at radius 2 is 1.94 bits per heavy atom. The van der Waals surface area contributed by atoms with Crippen LogP contribution in [-0.4, -0.2) is 39.6 Å². The van der Waals surface area contributed by atoms with Crippen molar-refractivity contribution in [3.63, 3.8) is 0 Å². The van der Waals surface area contributed by atoms with Crippen LogP contribution in [0.1, 0.15) is 25.2 Å². The van der Waals surface area contributed by atoms with E-state index in [4.69, 9.17) is 20.2 Å². The maximum atomic E-state index is 13.4. The van der Waals surface area contributed by atoms with E-state index in [-0.39, 0.29) is 17.7 Å². The molecule has 2 aromatic carbocycles. The number of carbonyl (C=O) groups is 1. The Bertz CT molecular complexity index is 1480. The summed E-state index contributed by atoms with van der Waals surface area (Å²) in [4.78, 5) is 27.9. The number of ether oxygens (including phenoxy) is 2. The van der Waals surface area contributed by atoms with Gasteiger partial charge in [0.1, 0.15) is 5.82 Å². The van der Waals surface area contributed by atoms with Gasteiger partial charge in [-0.15, -0.1) is 11.3 Å². The first kappa shape index (κ1) is 21.4. The fraction of sp³-hybridized carbons (Fsp3) is 0.217. The number of amides is 1. The summed E-state index contributed by atoms with van der Waals surface area (Å²) in [7, 11) is 0. The minimum Gasteiger partial charge on any atom is -0.489 e. The zero-order valence-corrected chi connectivity index (χ0v) is 19.4. The Kier molecular flexibility index (Phi) is 5.02. The number of anilines is 3. The Balaban J connectivity index is 1.43. The molecule has 1 atom stereocenters. The van der Waals surface area contributed by atoms with Crippen LogP contribution < -0.4 is 25.4 Å². The number of aromatic nitrogens is 3. The van der Waals surface area contributed by atoms with Gasteiger partial charge in [0.05, 0.1) is 35.6 Å². The fourth-order valence-electron chi connectivity index (χ4n) is 4.14. The summed E-state index contributed by atoms with van der Waals surface area (Å²) in [6.07, 6.45) is 0.179. The van der Waals surface area contributed by atoms with Crippen LogP contribution in [0.3, 0.4) is 0 Å². The van der Waals surface area contributed by atoms with Gasteiger partial charge in [0.25, 0.3) is 0 Å². The van der Waals surface area contributed by atoms with Gasteiger partial charge in [-0.25, -0.2) is 19.4 Å². The Hall–Kier alpha value is -4.19. The third-order valence-corrected chi connectivity index (χ3v) is 6.51. The highest BCUT2D eigenvalue weighted by Gasteiger charge is 2.29. The van der Waals surface area contributed by atoms with Crippen molar-refractivity contribution in [1.29, 1.82) is 0 Å². The molecule has 2 aliphatic rings. The molecule has 1 unspecified atom stereocenters. The minimum atomic E-state index is -0.618. The van der Waals surface area contributed by atoms with Gasteiger partial charge in [-0.3, -0.25) is 19.6 Å². The number of thiazole rings is 1. The predicted molar refractivity (Wildman–Crippen MR) is 130 cm³/mol. The molecule has 10 nitrogen and oxygen atoms in total. The first-order valence-corrected chi connectivity index (χ1v) is 11.8. The first-order valence-electron chi connectivity index (χ1n) is 10.9. The molecule has 0 spiro atoms. The van der Waals surface area contributed by atoms with Crippen molar-refractivity contribution < 1.29 is 18.7 Å². The Morgan fingerprint density at radius 1 is 1.20 bits per heavy atom. The Morgan fingerprint density at radius 3 is 2.69 bits per heavy atom. The molecule has 0 saturated carbocycles. The number of fused-ring (bicyclic) bond motifs is 4. The lowest BCUT2D eigenvalue weighted by Crippen LogP contribution is -2.31. The lowest BCUT2D eigenvalue weighted by atomic mass is 10.2. The summed E-state index contributed by atoms with van der Waals surface area (Å²) < 4.78 is 27.0. The van der Waals surface area contributed by atoms with E-state index in [1.807, 2.05) is 22.1 Å². The number of rotatable bonds is 3. The summed E-state index contributed by atoms with van der Waals surface area (Å²) in [6, 6.07) is 9.40. The lowest BCUT2D eigenvalue weighted by Gasteiger charge is -2.22. The normalized spacial score (nSPS) is 16.7. The average molecular weight is 494 g/mol. The molecule has 3 N–H and O–H groups in total. The van der Waals surface area contributed by atoms with Gasteiger partial charge in [0, 0.05) is 30.9 Å². The van der Waals surface area contributed by atoms with E-state index >= 15 is 0 Å². The quantitative estimate of drug-likeness (QED) is 0.446. The minimum absolute atomic E-state index is 0.198. The van der Waals surface area contributed by atoms with Crippen molar-refractivity contribution in [1.82, 2.24) is 14.5 Å². The van der Waals surface area contributed by atoms with Crippen molar-refractivity contribution >= 4 is 51.0 Å². The molecule has 4 heterocycles. The predicted octanol–water partition coefficient (Wildman–Crippen LogP) is 3.76. The number of hydrogen-bond donors (Lipinski definition) is 2. The molecular weight excluding hydrogens is 473 g/mol. The third kappa shape index (κ3) is 3.71. The van der Waals surface area contributed by atoms with Gasteiger partial charge >= 0.3 is 0 Å². The molecular formula is C23H20FN7O3S. The lowest BCUT2D eigenvalue weighted by molar-refractivity contribution is -0.115. The van der Waals surface area contributed by atoms with Crippen LogP contribution in [0.5, 0.6) is 11.5 Å². The van der Waals surface area contributed by atoms with E-state index in [9.17, 15) is 9.18 Å². The maximum Gasteiger partial charge on any atom is 0.230 e. The van der Waals surface area contributed by atoms with E-state index in [0.717, 1.165) is 11.9 Å². The molecule has 0 aliphatic carbocycles. The summed E-state index contributed by atoms with van der Waals surface area (Å²) in [6.45, 7) is 2.57. The smallest absolute Gasteiger partial charge is 0.230 e. The van der Waals surface area contributed by atoms with Crippen molar-refractivity contribution in [2.24, 2.45) is 10.7 Å². The molecule has 0 fully saturated rings. The number of nitrogens with one attached hydrogen (secondary N) is 1. The number of guanidine groups is 1. The molecule has 2 aromatic heterocycles. The number of hydrogen-bond acceptors (Lipinski definition) is 9. The summed E-state index contributed by atoms with van der Waals surface area (Å²) in [5.41, 5.74) is 8.63. The molecule has 178 valence electrons. The fourth-order valence-corrected chi connectivity index (χ4v) is 5.03. The molecule has 0 radical (unpaired) electrons. The average Bonchev–Trinajstić information content (AvgIpc) is 3.36. The van der Waals surface area contributed by atoms with Gasteiger partial charge in [0.15, 0.2) is 28.8 Å². The van der Waals surface area contributed by atoms with E-state index < -0.39 is 6.17 Å². The van der Waals surface area contributed by atoms with Crippen molar-refractivity contribution in [2.45, 2.75) is 19.5 Å². The zero-order chi connectivity index (χ0) is 24.1. The highest BCUT2D eigenvalue weighted by molar-refractivity contribution is 7.14. The largest absolute Gasteiger partial charge is 0.489 e. The highest BCUT2D eigenvalue weighted by Crippen LogP contribution is 2.40. The van der Waals surface area contributed by atoms with Crippen molar-refractivity contribution in [3.05, 3.63) is 53.3 Å². The second kappa shape index (κ2) is 8.24. The molecule has 2 aliphatic heterocycles. The number of nitrogens with zero attached hydrogens (tertiary/aromatic N) is 5. The van der Waals surface area contributed by atoms with Crippen LogP contribution in [0.4, 0.5) is 21.2 Å². The number of aliphatic imine (C=N–C) groups is 1. The molecule has 12 heteroatoms. The van der Waals surface area contributed by atoms with E-state index in [1.54, 1.807) is 0 Å². The standard InChI is InChI=1S/C23H20FN7O3S/c1-12(32)30(14-5-3-13(24)4-6-14)23-27-16(11-35-23)20-28-21(25)29-22-26-15-9-18-19(10-17(15)31(20)22)34-8-2-7-33-18/h3-6,9-11,20H,2,7-8H2,1H3,(H3,25,26,28,29). The molecule has 35 heavy (non-hydrogen) atoms. The SMILES string of the molecule is CC(=O)N(c1ccc(F)cc1)c1nc(C2N=C(N)Nc3nc4cc5c(cc4n32)OCCCO5)cs1. The van der Waals surface area contributed by atoms with Crippen molar-refractivity contribution in [2.75, 3.05) is 23.4 Å². The summed E-state index contributed by atoms with van der Waals surface area (Å²) in [5.74, 6) is 1.35. The van der Waals surface area contributed by atoms with Gasteiger partial charge in [-0.05, 0) is 24.3 Å². The van der Waals surface area contributed by atoms with E-state index in [2.05, 4.69) is 15.3 Å². The summed E-state index contributed by atoms with van der Waals surface area (Å²) in [5, 5.41) is 5.26. The van der Waals surface area contributed by atoms with Crippen LogP contribution in [-0.2, 0) is 4.79 Å². The van der Waals surface area contributed by atoms with Crippen molar-refractivity contribution in [3.8, 4) is 11.5 Å². The maximum absolute atomic E-state index is 13.4. The molecule has 1 amide bonds. The molecule has 0 saturated heterocycles. The molecule has 6 rings (SSSR count). The monoisotopic (exact) mass is 493 g/mol. The first-order chi connectivity index (χ1) is 17.0. The van der Waals surface area contributed by atoms with Crippen LogP contribution in [0, 0.1) is 5.82 Å². The Labute approximate surface area is 202 Å². The van der Waals surface area contributed by atoms with Crippen LogP contribution in [0.2, 0.25) is 0 Å². The molecule has 0 bridgehead atoms. The van der Waals surface area contributed by atoms with Crippen LogP contribution in [0.25, 0.3) is 11.0 Å². The number of carbonyl (C=O) groups excluding carboxylic acids is 1. The third-order valence-electron chi connectivity index (χ3n) is 5.67. The molecule has 4 aromatic rings. The van der Waals surface area contributed by atoms with Crippen LogP contribution in [0.15, 0.2) is 46.8 Å². The number of benzene rings is 2. The van der Waals surface area contributed by atoms with Crippen LogP contribution >= 0.6 is 11.3 Å².